The van der Waals surface area contributed by atoms with Crippen molar-refractivity contribution in [2.24, 2.45) is 0 Å². The fraction of sp³-hybridized carbons (Fsp3) is 0.291. The molecule has 0 fully saturated rings. The molecule has 0 aliphatic carbocycles. The number of carbonyl (C=O) groups excluding carboxylic acids is 2. The van der Waals surface area contributed by atoms with Gasteiger partial charge in [0, 0.05) is 74.6 Å². The number of carbonyl (C=O) groups is 2. The maximum atomic E-state index is 14.9. The molecule has 11 aromatic rings. The van der Waals surface area contributed by atoms with Gasteiger partial charge in [-0.1, -0.05) is 54.0 Å². The van der Waals surface area contributed by atoms with E-state index in [1.165, 1.54) is 26.0 Å². The summed E-state index contributed by atoms with van der Waals surface area (Å²) in [5.41, 5.74) is 8.38. The highest BCUT2D eigenvalue weighted by Gasteiger charge is 2.41. The number of imide groups is 1. The molecule has 9 aromatic heterocycles. The second-order valence-corrected chi connectivity index (χ2v) is 24.4. The molecule has 12 rings (SSSR count). The van der Waals surface area contributed by atoms with Crippen molar-refractivity contribution in [2.75, 3.05) is 7.05 Å². The van der Waals surface area contributed by atoms with E-state index in [4.69, 9.17) is 9.97 Å². The number of aromatic nitrogens is 4. The molecular weight excluding hydrogens is 955 g/mol. The Labute approximate surface area is 417 Å². The number of rotatable bonds is 12. The van der Waals surface area contributed by atoms with Gasteiger partial charge in [-0.3, -0.25) is 32.9 Å². The minimum absolute atomic E-state index is 0.0192. The van der Waals surface area contributed by atoms with Crippen LogP contribution >= 0.6 is 56.7 Å². The summed E-state index contributed by atoms with van der Waals surface area (Å²) < 4.78 is 3.57. The summed E-state index contributed by atoms with van der Waals surface area (Å²) in [7, 11) is 1.56. The molecule has 10 heterocycles. The first-order valence-electron chi connectivity index (χ1n) is 23.5. The van der Waals surface area contributed by atoms with Crippen molar-refractivity contribution in [3.05, 3.63) is 120 Å². The Balaban J connectivity index is 0.972. The van der Waals surface area contributed by atoms with E-state index >= 15 is 0 Å². The third-order valence-corrected chi connectivity index (χ3v) is 21.9. The Kier molecular flexibility index (Phi) is 10.0. The number of aryl methyl sites for hydroxylation is 2. The SMILES string of the molecule is C=C=CCC(C)(CC)c1ccc(-c2sc(-c3ccc(-c4sc5nc6c7ccc8c(=O)n9c(nc%10sc(C(C)(CCC)CCC)c(C)c%109)c9ccc(c(=O)n6c5c4C)c7c89)s3)c3c2C(=O)N(C)C3=O)s1. The summed E-state index contributed by atoms with van der Waals surface area (Å²) in [5, 5.41) is 4.25. The number of fused-ring (bicyclic) bond motifs is 9. The molecule has 1 unspecified atom stereocenters. The molecule has 0 radical (unpaired) electrons. The predicted octanol–water partition coefficient (Wildman–Crippen LogP) is 14.8. The second-order valence-electron chi connectivity index (χ2n) is 19.2. The van der Waals surface area contributed by atoms with Gasteiger partial charge >= 0.3 is 0 Å². The molecule has 2 amide bonds. The van der Waals surface area contributed by atoms with Crippen LogP contribution < -0.4 is 11.1 Å². The Morgan fingerprint density at radius 3 is 1.68 bits per heavy atom. The summed E-state index contributed by atoms with van der Waals surface area (Å²) >= 11 is 8.02. The van der Waals surface area contributed by atoms with Crippen LogP contribution in [0, 0.1) is 13.8 Å². The smallest absolute Gasteiger partial charge is 0.264 e. The second kappa shape index (κ2) is 15.6. The Hall–Kier alpha value is -5.86. The highest BCUT2D eigenvalue weighted by molar-refractivity contribution is 7.30. The van der Waals surface area contributed by atoms with E-state index in [0.29, 0.717) is 33.2 Å². The van der Waals surface area contributed by atoms with Crippen LogP contribution in [-0.2, 0) is 10.8 Å². The van der Waals surface area contributed by atoms with Crippen molar-refractivity contribution in [1.29, 1.82) is 0 Å². The molecule has 2 aromatic carbocycles. The van der Waals surface area contributed by atoms with Crippen molar-refractivity contribution in [2.45, 2.75) is 97.8 Å². The first-order chi connectivity index (χ1) is 33.2. The van der Waals surface area contributed by atoms with Gasteiger partial charge in [-0.2, -0.15) is 0 Å². The van der Waals surface area contributed by atoms with E-state index in [9.17, 15) is 19.2 Å². The Morgan fingerprint density at radius 2 is 1.13 bits per heavy atom. The average Bonchev–Trinajstić information content (AvgIpc) is 4.22. The summed E-state index contributed by atoms with van der Waals surface area (Å²) in [4.78, 5) is 78.3. The fourth-order valence-corrected chi connectivity index (χ4v) is 17.8. The molecule has 0 saturated carbocycles. The van der Waals surface area contributed by atoms with Crippen LogP contribution in [0.15, 0.2) is 76.5 Å². The third kappa shape index (κ3) is 5.96. The summed E-state index contributed by atoms with van der Waals surface area (Å²) in [6, 6.07) is 16.1. The quantitative estimate of drug-likeness (QED) is 0.0686. The van der Waals surface area contributed by atoms with Crippen molar-refractivity contribution in [3.63, 3.8) is 0 Å². The van der Waals surface area contributed by atoms with Crippen molar-refractivity contribution in [1.82, 2.24) is 23.7 Å². The number of thiophene rings is 5. The fourth-order valence-electron chi connectivity index (χ4n) is 11.3. The maximum absolute atomic E-state index is 14.9. The lowest BCUT2D eigenvalue weighted by atomic mass is 9.78. The number of benzene rings is 2. The third-order valence-electron chi connectivity index (χ3n) is 15.0. The molecule has 9 nitrogen and oxygen atoms in total. The molecular formula is C55H47N5O4S5. The molecule has 0 spiro atoms. The Morgan fingerprint density at radius 1 is 0.623 bits per heavy atom. The normalized spacial score (nSPS) is 14.4. The average molecular weight is 1000 g/mol. The molecule has 14 heteroatoms. The Bertz CT molecular complexity index is 4200. The summed E-state index contributed by atoms with van der Waals surface area (Å²) in [5.74, 6) is -0.569. The molecule has 346 valence electrons. The lowest BCUT2D eigenvalue weighted by Gasteiger charge is -2.29. The van der Waals surface area contributed by atoms with Crippen LogP contribution in [0.4, 0.5) is 0 Å². The van der Waals surface area contributed by atoms with Crippen LogP contribution in [0.25, 0.3) is 93.6 Å². The van der Waals surface area contributed by atoms with E-state index in [2.05, 4.69) is 72.1 Å². The predicted molar refractivity (Wildman–Crippen MR) is 291 cm³/mol. The monoisotopic (exact) mass is 1000 g/mol. The van der Waals surface area contributed by atoms with Gasteiger partial charge in [-0.15, -0.1) is 62.4 Å². The highest BCUT2D eigenvalue weighted by atomic mass is 32.1. The number of pyridine rings is 2. The van der Waals surface area contributed by atoms with E-state index in [-0.39, 0.29) is 33.8 Å². The van der Waals surface area contributed by atoms with Gasteiger partial charge in [0.05, 0.1) is 36.8 Å². The molecule has 0 saturated heterocycles. The van der Waals surface area contributed by atoms with Gasteiger partial charge in [0.25, 0.3) is 22.9 Å². The highest BCUT2D eigenvalue weighted by Crippen LogP contribution is 2.53. The van der Waals surface area contributed by atoms with Crippen molar-refractivity contribution < 1.29 is 9.59 Å². The lowest BCUT2D eigenvalue weighted by molar-refractivity contribution is 0.0693. The number of allylic oxidation sites excluding steroid dienone is 1. The summed E-state index contributed by atoms with van der Waals surface area (Å²) in [6.45, 7) is 19.2. The number of amides is 2. The lowest BCUT2D eigenvalue weighted by Crippen LogP contribution is -2.24. The molecule has 0 N–H and O–H groups in total. The molecule has 1 aliphatic rings. The van der Waals surface area contributed by atoms with E-state index in [1.807, 2.05) is 47.7 Å². The van der Waals surface area contributed by atoms with Gasteiger partial charge in [-0.25, -0.2) is 9.97 Å². The van der Waals surface area contributed by atoms with Crippen molar-refractivity contribution >= 4 is 133 Å². The standard InChI is InChI=1S/C55H47N5O4S5/c1-10-14-25-54(7,13-4)35-22-21-34(66-35)44-39-38(52(63)58(9)53(39)64)43(67-44)33-20-19-32(65-33)42-26(5)40-48(68-42)56-46-28-15-18-31-37-29(16-17-30(36(28)37)50(61)59(40)46)47-57-49-41(60(47)51(31)62)27(6)45(69-49)55(8,23-11-2)24-12-3/h14-22H,1,11-13,23-25H2,2-9H3. The topological polar surface area (TPSA) is 106 Å². The number of hydrogen-bond acceptors (Lipinski definition) is 11. The zero-order valence-corrected chi connectivity index (χ0v) is 43.6. The molecule has 1 atom stereocenters. The molecule has 69 heavy (non-hydrogen) atoms. The van der Waals surface area contributed by atoms with Gasteiger partial charge in [0.15, 0.2) is 0 Å². The zero-order chi connectivity index (χ0) is 48.2. The van der Waals surface area contributed by atoms with Crippen LogP contribution in [0.1, 0.15) is 115 Å². The molecule has 0 bridgehead atoms. The van der Waals surface area contributed by atoms with Gasteiger partial charge in [0.1, 0.15) is 21.0 Å². The van der Waals surface area contributed by atoms with Crippen LogP contribution in [0.3, 0.4) is 0 Å². The number of imidazole rings is 2. The van der Waals surface area contributed by atoms with Crippen LogP contribution in [-0.4, -0.2) is 42.5 Å². The van der Waals surface area contributed by atoms with Gasteiger partial charge in [-0.05, 0) is 105 Å². The largest absolute Gasteiger partial charge is 0.277 e. The van der Waals surface area contributed by atoms with Crippen LogP contribution in [0.2, 0.25) is 0 Å². The van der Waals surface area contributed by atoms with Crippen molar-refractivity contribution in [3.8, 4) is 29.3 Å². The minimum atomic E-state index is -0.290. The minimum Gasteiger partial charge on any atom is -0.277 e. The first kappa shape index (κ1) is 44.4. The van der Waals surface area contributed by atoms with E-state index < -0.39 is 0 Å². The van der Waals surface area contributed by atoms with Crippen LogP contribution in [0.5, 0.6) is 0 Å². The number of hydrogen-bond donors (Lipinski definition) is 0. The first-order valence-corrected chi connectivity index (χ1v) is 27.5. The maximum Gasteiger partial charge on any atom is 0.264 e. The van der Waals surface area contributed by atoms with Gasteiger partial charge in [0.2, 0.25) is 0 Å². The zero-order valence-electron chi connectivity index (χ0n) is 39.6. The summed E-state index contributed by atoms with van der Waals surface area (Å²) in [6.07, 6.45) is 8.03. The number of nitrogens with zero attached hydrogens (tertiary/aromatic N) is 5. The van der Waals surface area contributed by atoms with E-state index in [1.54, 1.807) is 56.8 Å². The van der Waals surface area contributed by atoms with Gasteiger partial charge < -0.3 is 0 Å². The molecule has 1 aliphatic heterocycles. The van der Waals surface area contributed by atoms with E-state index in [0.717, 1.165) is 121 Å².